The van der Waals surface area contributed by atoms with Gasteiger partial charge in [0.25, 0.3) is 5.91 Å². The summed E-state index contributed by atoms with van der Waals surface area (Å²) in [6.07, 6.45) is 1.48. The minimum atomic E-state index is -0.418. The summed E-state index contributed by atoms with van der Waals surface area (Å²) in [5, 5.41) is 20.8. The molecular formula is C24H19ClN4O3. The lowest BCUT2D eigenvalue weighted by atomic mass is 10.1. The SMILES string of the molecule is O=C(NN=Cc1ccc(O)cc1)c1cc(-c2ccc(OCc3ccccc3Cl)cc2)n[nH]1. The molecule has 0 radical (unpaired) electrons. The number of phenols is 1. The Balaban J connectivity index is 1.34. The van der Waals surface area contributed by atoms with Crippen LogP contribution in [0.25, 0.3) is 11.3 Å². The number of benzene rings is 3. The van der Waals surface area contributed by atoms with E-state index >= 15 is 0 Å². The second-order valence-electron chi connectivity index (χ2n) is 6.86. The highest BCUT2D eigenvalue weighted by atomic mass is 35.5. The second-order valence-corrected chi connectivity index (χ2v) is 7.27. The summed E-state index contributed by atoms with van der Waals surface area (Å²) in [4.78, 5) is 12.3. The number of phenolic OH excluding ortho intramolecular Hbond substituents is 1. The van der Waals surface area contributed by atoms with Crippen molar-refractivity contribution >= 4 is 23.7 Å². The molecule has 0 unspecified atom stereocenters. The number of halogens is 1. The normalized spacial score (nSPS) is 10.9. The molecule has 0 fully saturated rings. The molecule has 1 heterocycles. The molecule has 1 aromatic heterocycles. The molecule has 1 amide bonds. The number of carbonyl (C=O) groups excluding carboxylic acids is 1. The summed E-state index contributed by atoms with van der Waals surface area (Å²) in [6, 6.07) is 23.0. The summed E-state index contributed by atoms with van der Waals surface area (Å²) < 4.78 is 5.79. The van der Waals surface area contributed by atoms with E-state index in [1.54, 1.807) is 18.2 Å². The number of hydrogen-bond donors (Lipinski definition) is 3. The molecule has 7 nitrogen and oxygen atoms in total. The second kappa shape index (κ2) is 9.80. The van der Waals surface area contributed by atoms with Gasteiger partial charge in [0.2, 0.25) is 0 Å². The molecule has 0 bridgehead atoms. The van der Waals surface area contributed by atoms with E-state index in [9.17, 15) is 9.90 Å². The molecule has 32 heavy (non-hydrogen) atoms. The van der Waals surface area contributed by atoms with E-state index in [4.69, 9.17) is 16.3 Å². The van der Waals surface area contributed by atoms with E-state index in [2.05, 4.69) is 20.7 Å². The lowest BCUT2D eigenvalue weighted by Crippen LogP contribution is -2.17. The Hall–Kier alpha value is -4.10. The minimum Gasteiger partial charge on any atom is -0.508 e. The fourth-order valence-corrected chi connectivity index (χ4v) is 3.06. The first kappa shape index (κ1) is 21.1. The number of amides is 1. The Morgan fingerprint density at radius 3 is 2.59 bits per heavy atom. The highest BCUT2D eigenvalue weighted by Gasteiger charge is 2.10. The van der Waals surface area contributed by atoms with Gasteiger partial charge in [-0.1, -0.05) is 29.8 Å². The summed E-state index contributed by atoms with van der Waals surface area (Å²) in [5.41, 5.74) is 5.82. The van der Waals surface area contributed by atoms with Crippen LogP contribution in [0.5, 0.6) is 11.5 Å². The van der Waals surface area contributed by atoms with Gasteiger partial charge < -0.3 is 9.84 Å². The third kappa shape index (κ3) is 5.33. The molecule has 4 aromatic rings. The van der Waals surface area contributed by atoms with E-state index in [1.165, 1.54) is 18.3 Å². The highest BCUT2D eigenvalue weighted by molar-refractivity contribution is 6.31. The number of aromatic nitrogens is 2. The molecule has 3 aromatic carbocycles. The van der Waals surface area contributed by atoms with Crippen molar-refractivity contribution in [1.29, 1.82) is 0 Å². The number of hydrazone groups is 1. The third-order valence-corrected chi connectivity index (χ3v) is 4.97. The molecule has 0 aliphatic heterocycles. The number of nitrogens with zero attached hydrogens (tertiary/aromatic N) is 2. The van der Waals surface area contributed by atoms with Crippen LogP contribution in [0.4, 0.5) is 0 Å². The standard InChI is InChI=1S/C24H19ClN4O3/c25-21-4-2-1-3-18(21)15-32-20-11-7-17(8-12-20)22-13-23(28-27-22)24(31)29-26-14-16-5-9-19(30)10-6-16/h1-14,30H,15H2,(H,27,28)(H,29,31). The molecule has 0 aliphatic carbocycles. The molecule has 0 saturated heterocycles. The summed E-state index contributed by atoms with van der Waals surface area (Å²) >= 11 is 6.15. The predicted molar refractivity (Wildman–Crippen MR) is 123 cm³/mol. The van der Waals surface area contributed by atoms with Gasteiger partial charge >= 0.3 is 0 Å². The smallest absolute Gasteiger partial charge is 0.289 e. The lowest BCUT2D eigenvalue weighted by Gasteiger charge is -2.08. The van der Waals surface area contributed by atoms with Crippen molar-refractivity contribution in [2.24, 2.45) is 5.10 Å². The topological polar surface area (TPSA) is 99.6 Å². The summed E-state index contributed by atoms with van der Waals surface area (Å²) in [7, 11) is 0. The molecule has 160 valence electrons. The number of hydrogen-bond acceptors (Lipinski definition) is 5. The van der Waals surface area contributed by atoms with Crippen LogP contribution in [-0.2, 0) is 6.61 Å². The van der Waals surface area contributed by atoms with Crippen LogP contribution in [0.2, 0.25) is 5.02 Å². The van der Waals surface area contributed by atoms with Gasteiger partial charge in [-0.15, -0.1) is 0 Å². The maximum atomic E-state index is 12.3. The molecule has 0 saturated carbocycles. The zero-order valence-electron chi connectivity index (χ0n) is 16.8. The van der Waals surface area contributed by atoms with E-state index in [0.717, 1.165) is 16.7 Å². The van der Waals surface area contributed by atoms with Crippen LogP contribution in [0, 0.1) is 0 Å². The maximum absolute atomic E-state index is 12.3. The number of H-pyrrole nitrogens is 1. The molecule has 0 spiro atoms. The number of rotatable bonds is 7. The van der Waals surface area contributed by atoms with Crippen LogP contribution in [-0.4, -0.2) is 27.4 Å². The third-order valence-electron chi connectivity index (χ3n) is 4.60. The van der Waals surface area contributed by atoms with E-state index in [-0.39, 0.29) is 11.4 Å². The van der Waals surface area contributed by atoms with E-state index in [1.807, 2.05) is 48.5 Å². The Bertz CT molecular complexity index is 1230. The molecule has 4 rings (SSSR count). The Morgan fingerprint density at radius 2 is 1.84 bits per heavy atom. The van der Waals surface area contributed by atoms with Gasteiger partial charge in [0, 0.05) is 16.1 Å². The highest BCUT2D eigenvalue weighted by Crippen LogP contribution is 2.23. The van der Waals surface area contributed by atoms with Crippen molar-refractivity contribution in [3.63, 3.8) is 0 Å². The van der Waals surface area contributed by atoms with E-state index in [0.29, 0.717) is 23.1 Å². The lowest BCUT2D eigenvalue weighted by molar-refractivity contribution is 0.0950. The Labute approximate surface area is 189 Å². The molecule has 0 aliphatic rings. The van der Waals surface area contributed by atoms with Crippen LogP contribution in [0.15, 0.2) is 84.0 Å². The number of aromatic hydroxyl groups is 1. The van der Waals surface area contributed by atoms with Gasteiger partial charge in [0.05, 0.1) is 11.9 Å². The van der Waals surface area contributed by atoms with Crippen LogP contribution < -0.4 is 10.2 Å². The first-order chi connectivity index (χ1) is 15.6. The van der Waals surface area contributed by atoms with Gasteiger partial charge in [-0.3, -0.25) is 9.89 Å². The average molecular weight is 447 g/mol. The molecular weight excluding hydrogens is 428 g/mol. The molecule has 8 heteroatoms. The number of aromatic amines is 1. The van der Waals surface area contributed by atoms with Gasteiger partial charge in [0.15, 0.2) is 0 Å². The van der Waals surface area contributed by atoms with Crippen molar-refractivity contribution in [2.45, 2.75) is 6.61 Å². The van der Waals surface area contributed by atoms with E-state index < -0.39 is 5.91 Å². The fraction of sp³-hybridized carbons (Fsp3) is 0.0417. The van der Waals surface area contributed by atoms with Crippen LogP contribution in [0.1, 0.15) is 21.6 Å². The van der Waals surface area contributed by atoms with Gasteiger partial charge in [0.1, 0.15) is 23.8 Å². The zero-order valence-corrected chi connectivity index (χ0v) is 17.6. The largest absolute Gasteiger partial charge is 0.508 e. The number of nitrogens with one attached hydrogen (secondary N) is 2. The zero-order chi connectivity index (χ0) is 22.3. The van der Waals surface area contributed by atoms with Crippen molar-refractivity contribution < 1.29 is 14.6 Å². The Kier molecular flexibility index (Phi) is 6.48. The van der Waals surface area contributed by atoms with Crippen molar-refractivity contribution in [2.75, 3.05) is 0 Å². The van der Waals surface area contributed by atoms with Crippen molar-refractivity contribution in [3.05, 3.63) is 101 Å². The number of ether oxygens (including phenoxy) is 1. The summed E-state index contributed by atoms with van der Waals surface area (Å²) in [5.74, 6) is 0.445. The van der Waals surface area contributed by atoms with Gasteiger partial charge in [-0.25, -0.2) is 5.43 Å². The molecule has 0 atom stereocenters. The maximum Gasteiger partial charge on any atom is 0.289 e. The van der Waals surface area contributed by atoms with Crippen LogP contribution >= 0.6 is 11.6 Å². The summed E-state index contributed by atoms with van der Waals surface area (Å²) in [6.45, 7) is 0.371. The van der Waals surface area contributed by atoms with Crippen molar-refractivity contribution in [1.82, 2.24) is 15.6 Å². The predicted octanol–water partition coefficient (Wildman–Crippen LogP) is 4.78. The number of carbonyl (C=O) groups is 1. The van der Waals surface area contributed by atoms with Crippen molar-refractivity contribution in [3.8, 4) is 22.8 Å². The molecule has 3 N–H and O–H groups in total. The Morgan fingerprint density at radius 1 is 1.09 bits per heavy atom. The first-order valence-corrected chi connectivity index (χ1v) is 10.1. The minimum absolute atomic E-state index is 0.163. The van der Waals surface area contributed by atoms with Gasteiger partial charge in [-0.2, -0.15) is 10.2 Å². The monoisotopic (exact) mass is 446 g/mol. The van der Waals surface area contributed by atoms with Crippen LogP contribution in [0.3, 0.4) is 0 Å². The average Bonchev–Trinajstić information content (AvgIpc) is 3.31. The fourth-order valence-electron chi connectivity index (χ4n) is 2.87. The first-order valence-electron chi connectivity index (χ1n) is 9.73. The quantitative estimate of drug-likeness (QED) is 0.281. The van der Waals surface area contributed by atoms with Gasteiger partial charge in [-0.05, 0) is 66.2 Å².